The molecule has 2 rings (SSSR count). The highest BCUT2D eigenvalue weighted by molar-refractivity contribution is 6.11. The van der Waals surface area contributed by atoms with Gasteiger partial charge in [0.15, 0.2) is 23.1 Å². The SMILES string of the molecule is COc1cc(C=CC(=O)CC(=O)C=Cc2cc(O)ccc2O)ccc1O. The zero-order valence-electron chi connectivity index (χ0n) is 14.0. The van der Waals surface area contributed by atoms with Gasteiger partial charge >= 0.3 is 0 Å². The molecule has 0 heterocycles. The second-order valence-corrected chi connectivity index (χ2v) is 5.45. The van der Waals surface area contributed by atoms with Crippen LogP contribution in [0, 0.1) is 0 Å². The van der Waals surface area contributed by atoms with E-state index in [0.29, 0.717) is 5.56 Å². The number of phenolic OH excluding ortho intramolecular Hbond substituents is 3. The first kappa shape index (κ1) is 18.8. The van der Waals surface area contributed by atoms with Crippen molar-refractivity contribution in [3.63, 3.8) is 0 Å². The van der Waals surface area contributed by atoms with E-state index < -0.39 is 11.6 Å². The van der Waals surface area contributed by atoms with Gasteiger partial charge in [-0.25, -0.2) is 0 Å². The Labute approximate surface area is 150 Å². The van der Waals surface area contributed by atoms with E-state index in [-0.39, 0.29) is 35.0 Å². The summed E-state index contributed by atoms with van der Waals surface area (Å²) in [5, 5.41) is 28.5. The Bertz CT molecular complexity index is 880. The summed E-state index contributed by atoms with van der Waals surface area (Å²) in [5.74, 6) is -0.689. The molecule has 0 fully saturated rings. The zero-order valence-corrected chi connectivity index (χ0v) is 14.0. The number of carbonyl (C=O) groups excluding carboxylic acids is 2. The Morgan fingerprint density at radius 1 is 0.923 bits per heavy atom. The molecule has 0 aliphatic carbocycles. The van der Waals surface area contributed by atoms with Crippen molar-refractivity contribution >= 4 is 23.7 Å². The van der Waals surface area contributed by atoms with Crippen LogP contribution in [-0.2, 0) is 9.59 Å². The number of aromatic hydroxyl groups is 3. The summed E-state index contributed by atoms with van der Waals surface area (Å²) in [7, 11) is 1.42. The Hall–Kier alpha value is -3.54. The number of carbonyl (C=O) groups is 2. The molecule has 0 aliphatic heterocycles. The van der Waals surface area contributed by atoms with Crippen LogP contribution in [0.3, 0.4) is 0 Å². The van der Waals surface area contributed by atoms with Crippen LogP contribution >= 0.6 is 0 Å². The largest absolute Gasteiger partial charge is 0.508 e. The molecule has 0 aliphatic rings. The molecule has 0 bridgehead atoms. The van der Waals surface area contributed by atoms with Crippen molar-refractivity contribution in [2.24, 2.45) is 0 Å². The van der Waals surface area contributed by atoms with E-state index in [4.69, 9.17) is 4.74 Å². The summed E-state index contributed by atoms with van der Waals surface area (Å²) in [6, 6.07) is 8.54. The molecule has 6 heteroatoms. The summed E-state index contributed by atoms with van der Waals surface area (Å²) in [6.45, 7) is 0. The predicted molar refractivity (Wildman–Crippen MR) is 97.1 cm³/mol. The van der Waals surface area contributed by atoms with Crippen molar-refractivity contribution in [1.29, 1.82) is 0 Å². The van der Waals surface area contributed by atoms with Crippen LogP contribution in [0.25, 0.3) is 12.2 Å². The third kappa shape index (κ3) is 5.24. The molecule has 0 radical (unpaired) electrons. The number of hydrogen-bond donors (Lipinski definition) is 3. The number of benzene rings is 2. The Morgan fingerprint density at radius 2 is 1.58 bits per heavy atom. The summed E-state index contributed by atoms with van der Waals surface area (Å²) in [6.07, 6.45) is 4.95. The van der Waals surface area contributed by atoms with Crippen molar-refractivity contribution in [2.75, 3.05) is 7.11 Å². The standard InChI is InChI=1S/C20H18O6/c1-26-20-10-13(3-8-19(20)25)2-5-16(22)12-17(23)6-4-14-11-15(21)7-9-18(14)24/h2-11,21,24-25H,12H2,1H3. The number of methoxy groups -OCH3 is 1. The van der Waals surface area contributed by atoms with Crippen LogP contribution in [0.2, 0.25) is 0 Å². The number of allylic oxidation sites excluding steroid dienone is 2. The number of ketones is 2. The molecular weight excluding hydrogens is 336 g/mol. The third-order valence-corrected chi connectivity index (χ3v) is 3.47. The van der Waals surface area contributed by atoms with Gasteiger partial charge < -0.3 is 20.1 Å². The second kappa shape index (κ2) is 8.53. The Kier molecular flexibility index (Phi) is 6.16. The van der Waals surface area contributed by atoms with E-state index in [9.17, 15) is 24.9 Å². The summed E-state index contributed by atoms with van der Waals surface area (Å²) >= 11 is 0. The molecule has 0 saturated carbocycles. The second-order valence-electron chi connectivity index (χ2n) is 5.45. The number of hydrogen-bond acceptors (Lipinski definition) is 6. The molecule has 2 aromatic carbocycles. The van der Waals surface area contributed by atoms with E-state index in [1.807, 2.05) is 0 Å². The van der Waals surface area contributed by atoms with Gasteiger partial charge in [0.25, 0.3) is 0 Å². The van der Waals surface area contributed by atoms with E-state index >= 15 is 0 Å². The van der Waals surface area contributed by atoms with Crippen molar-refractivity contribution < 1.29 is 29.6 Å². The molecule has 6 nitrogen and oxygen atoms in total. The van der Waals surface area contributed by atoms with Crippen LogP contribution in [-0.4, -0.2) is 34.0 Å². The molecule has 0 amide bonds. The van der Waals surface area contributed by atoms with Gasteiger partial charge in [-0.1, -0.05) is 12.1 Å². The average Bonchev–Trinajstić information content (AvgIpc) is 2.61. The quantitative estimate of drug-likeness (QED) is 0.401. The minimum Gasteiger partial charge on any atom is -0.508 e. The normalized spacial score (nSPS) is 11.1. The molecule has 0 aromatic heterocycles. The maximum Gasteiger partial charge on any atom is 0.163 e. The smallest absolute Gasteiger partial charge is 0.163 e. The fraction of sp³-hybridized carbons (Fsp3) is 0.100. The van der Waals surface area contributed by atoms with Crippen molar-refractivity contribution in [1.82, 2.24) is 0 Å². The molecule has 134 valence electrons. The fourth-order valence-corrected chi connectivity index (χ4v) is 2.13. The molecule has 0 spiro atoms. The first-order valence-electron chi connectivity index (χ1n) is 7.70. The zero-order chi connectivity index (χ0) is 19.1. The molecule has 0 saturated heterocycles. The number of rotatable bonds is 7. The molecule has 0 atom stereocenters. The van der Waals surface area contributed by atoms with E-state index in [1.54, 1.807) is 12.1 Å². The van der Waals surface area contributed by atoms with Gasteiger partial charge in [-0.3, -0.25) is 9.59 Å². The van der Waals surface area contributed by atoms with Crippen molar-refractivity contribution in [2.45, 2.75) is 6.42 Å². The lowest BCUT2D eigenvalue weighted by molar-refractivity contribution is -0.121. The minimum absolute atomic E-state index is 0.00788. The summed E-state index contributed by atoms with van der Waals surface area (Å²) in [4.78, 5) is 23.7. The van der Waals surface area contributed by atoms with Gasteiger partial charge in [-0.15, -0.1) is 0 Å². The van der Waals surface area contributed by atoms with Gasteiger partial charge in [0.1, 0.15) is 11.5 Å². The number of phenols is 3. The van der Waals surface area contributed by atoms with E-state index in [0.717, 1.165) is 0 Å². The van der Waals surface area contributed by atoms with Gasteiger partial charge in [0.2, 0.25) is 0 Å². The van der Waals surface area contributed by atoms with E-state index in [1.165, 1.54) is 55.7 Å². The maximum atomic E-state index is 11.9. The van der Waals surface area contributed by atoms with E-state index in [2.05, 4.69) is 0 Å². The monoisotopic (exact) mass is 354 g/mol. The summed E-state index contributed by atoms with van der Waals surface area (Å²) < 4.78 is 4.98. The third-order valence-electron chi connectivity index (χ3n) is 3.47. The van der Waals surface area contributed by atoms with Crippen LogP contribution in [0.5, 0.6) is 23.0 Å². The van der Waals surface area contributed by atoms with Gasteiger partial charge in [0, 0.05) is 5.56 Å². The van der Waals surface area contributed by atoms with Gasteiger partial charge in [-0.05, 0) is 54.1 Å². The molecule has 2 aromatic rings. The predicted octanol–water partition coefficient (Wildman–Crippen LogP) is 3.07. The van der Waals surface area contributed by atoms with Gasteiger partial charge in [0.05, 0.1) is 13.5 Å². The van der Waals surface area contributed by atoms with Crippen LogP contribution in [0.1, 0.15) is 17.5 Å². The molecular formula is C20H18O6. The Balaban J connectivity index is 1.97. The van der Waals surface area contributed by atoms with Crippen molar-refractivity contribution in [3.05, 3.63) is 59.7 Å². The lowest BCUT2D eigenvalue weighted by Crippen LogP contribution is -2.01. The molecule has 0 unspecified atom stereocenters. The van der Waals surface area contributed by atoms with Crippen molar-refractivity contribution in [3.8, 4) is 23.0 Å². The first-order chi connectivity index (χ1) is 12.4. The lowest BCUT2D eigenvalue weighted by atomic mass is 10.1. The molecule has 26 heavy (non-hydrogen) atoms. The highest BCUT2D eigenvalue weighted by Crippen LogP contribution is 2.26. The highest BCUT2D eigenvalue weighted by Gasteiger charge is 2.06. The van der Waals surface area contributed by atoms with Crippen LogP contribution < -0.4 is 4.74 Å². The van der Waals surface area contributed by atoms with Crippen LogP contribution in [0.15, 0.2) is 48.6 Å². The van der Waals surface area contributed by atoms with Crippen LogP contribution in [0.4, 0.5) is 0 Å². The average molecular weight is 354 g/mol. The topological polar surface area (TPSA) is 104 Å². The Morgan fingerprint density at radius 3 is 2.27 bits per heavy atom. The highest BCUT2D eigenvalue weighted by atomic mass is 16.5. The number of ether oxygens (including phenoxy) is 1. The first-order valence-corrected chi connectivity index (χ1v) is 7.70. The fourth-order valence-electron chi connectivity index (χ4n) is 2.13. The minimum atomic E-state index is -0.439. The summed E-state index contributed by atoms with van der Waals surface area (Å²) in [5.41, 5.74) is 0.915. The molecule has 3 N–H and O–H groups in total. The van der Waals surface area contributed by atoms with Gasteiger partial charge in [-0.2, -0.15) is 0 Å². The maximum absolute atomic E-state index is 11.9. The lowest BCUT2D eigenvalue weighted by Gasteiger charge is -2.03.